The molecule has 0 aromatic rings. The van der Waals surface area contributed by atoms with E-state index in [-0.39, 0.29) is 0 Å². The molecule has 0 heterocycles. The Morgan fingerprint density at radius 3 is 2.36 bits per heavy atom. The molecule has 0 radical (unpaired) electrons. The Morgan fingerprint density at radius 1 is 1.43 bits per heavy atom. The van der Waals surface area contributed by atoms with Crippen molar-refractivity contribution in [2.24, 2.45) is 5.73 Å². The maximum Gasteiger partial charge on any atom is 0.0918 e. The molecule has 0 atom stereocenters. The number of amidine groups is 1. The number of hydrogen-bond acceptors (Lipinski definition) is 2. The average molecular weight is 197 g/mol. The summed E-state index contributed by atoms with van der Waals surface area (Å²) in [6, 6.07) is 1.49. The van der Waals surface area contributed by atoms with Gasteiger partial charge in [0.15, 0.2) is 0 Å². The average Bonchev–Trinajstić information content (AvgIpc) is 2.95. The van der Waals surface area contributed by atoms with Gasteiger partial charge in [0.1, 0.15) is 0 Å². The quantitative estimate of drug-likeness (QED) is 0.484. The third kappa shape index (κ3) is 3.29. The second-order valence-electron chi connectivity index (χ2n) is 4.21. The normalized spacial score (nSPS) is 16.6. The minimum Gasteiger partial charge on any atom is -0.388 e. The molecule has 1 rings (SSSR count). The first-order chi connectivity index (χ1) is 6.69. The van der Waals surface area contributed by atoms with Gasteiger partial charge in [-0.3, -0.25) is 10.3 Å². The predicted octanol–water partition coefficient (Wildman–Crippen LogP) is 1.97. The summed E-state index contributed by atoms with van der Waals surface area (Å²) >= 11 is 0. The molecule has 3 heteroatoms. The predicted molar refractivity (Wildman–Crippen MR) is 60.6 cm³/mol. The van der Waals surface area contributed by atoms with Crippen LogP contribution in [0.1, 0.15) is 46.0 Å². The van der Waals surface area contributed by atoms with Gasteiger partial charge in [-0.15, -0.1) is 0 Å². The Hall–Kier alpha value is -0.570. The van der Waals surface area contributed by atoms with Crippen LogP contribution in [0.4, 0.5) is 0 Å². The SMILES string of the molecule is CCC(CC)N(CCC(=N)N)C1CC1. The molecule has 0 aliphatic heterocycles. The van der Waals surface area contributed by atoms with Gasteiger partial charge < -0.3 is 5.73 Å². The number of nitrogens with one attached hydrogen (secondary N) is 1. The van der Waals surface area contributed by atoms with Crippen molar-refractivity contribution in [2.75, 3.05) is 6.54 Å². The molecule has 1 saturated carbocycles. The molecular weight excluding hydrogens is 174 g/mol. The summed E-state index contributed by atoms with van der Waals surface area (Å²) in [6.07, 6.45) is 5.84. The molecule has 0 aromatic carbocycles. The van der Waals surface area contributed by atoms with Gasteiger partial charge in [-0.2, -0.15) is 0 Å². The van der Waals surface area contributed by atoms with Crippen LogP contribution in [0.15, 0.2) is 0 Å². The standard InChI is InChI=1S/C11H23N3/c1-3-9(4-2)14(10-5-6-10)8-7-11(12)13/h9-10H,3-8H2,1-2H3,(H3,12,13). The highest BCUT2D eigenvalue weighted by molar-refractivity contribution is 5.76. The molecule has 0 unspecified atom stereocenters. The molecule has 0 bridgehead atoms. The van der Waals surface area contributed by atoms with Crippen molar-refractivity contribution in [3.63, 3.8) is 0 Å². The molecule has 0 amide bonds. The van der Waals surface area contributed by atoms with E-state index in [1.54, 1.807) is 0 Å². The smallest absolute Gasteiger partial charge is 0.0918 e. The molecule has 3 N–H and O–H groups in total. The Morgan fingerprint density at radius 2 is 2.00 bits per heavy atom. The van der Waals surface area contributed by atoms with Crippen molar-refractivity contribution >= 4 is 5.84 Å². The molecule has 3 nitrogen and oxygen atoms in total. The van der Waals surface area contributed by atoms with Crippen molar-refractivity contribution in [1.82, 2.24) is 4.90 Å². The fraction of sp³-hybridized carbons (Fsp3) is 0.909. The van der Waals surface area contributed by atoms with E-state index < -0.39 is 0 Å². The third-order valence-electron chi connectivity index (χ3n) is 3.07. The Kier molecular flexibility index (Phi) is 4.39. The highest BCUT2D eigenvalue weighted by atomic mass is 15.2. The Bertz CT molecular complexity index is 183. The first-order valence-corrected chi connectivity index (χ1v) is 5.77. The van der Waals surface area contributed by atoms with Crippen LogP contribution in [0, 0.1) is 5.41 Å². The molecule has 0 aromatic heterocycles. The van der Waals surface area contributed by atoms with E-state index in [0.29, 0.717) is 11.9 Å². The molecular formula is C11H23N3. The van der Waals surface area contributed by atoms with Gasteiger partial charge in [0.05, 0.1) is 5.84 Å². The van der Waals surface area contributed by atoms with Crippen LogP contribution in [0.3, 0.4) is 0 Å². The summed E-state index contributed by atoms with van der Waals surface area (Å²) < 4.78 is 0. The van der Waals surface area contributed by atoms with Crippen molar-refractivity contribution in [3.05, 3.63) is 0 Å². The highest BCUT2D eigenvalue weighted by Gasteiger charge is 2.32. The van der Waals surface area contributed by atoms with Crippen LogP contribution in [0.5, 0.6) is 0 Å². The van der Waals surface area contributed by atoms with E-state index in [1.165, 1.54) is 25.7 Å². The molecule has 82 valence electrons. The van der Waals surface area contributed by atoms with Crippen molar-refractivity contribution < 1.29 is 0 Å². The topological polar surface area (TPSA) is 53.1 Å². The third-order valence-corrected chi connectivity index (χ3v) is 3.07. The van der Waals surface area contributed by atoms with Crippen molar-refractivity contribution in [1.29, 1.82) is 5.41 Å². The van der Waals surface area contributed by atoms with E-state index in [9.17, 15) is 0 Å². The zero-order chi connectivity index (χ0) is 10.6. The van der Waals surface area contributed by atoms with E-state index >= 15 is 0 Å². The van der Waals surface area contributed by atoms with Crippen molar-refractivity contribution in [2.45, 2.75) is 58.0 Å². The monoisotopic (exact) mass is 197 g/mol. The molecule has 14 heavy (non-hydrogen) atoms. The molecule has 1 fully saturated rings. The van der Waals surface area contributed by atoms with Crippen LogP contribution < -0.4 is 5.73 Å². The van der Waals surface area contributed by atoms with Crippen LogP contribution in [-0.4, -0.2) is 29.4 Å². The lowest BCUT2D eigenvalue weighted by Gasteiger charge is -2.30. The lowest BCUT2D eigenvalue weighted by molar-refractivity contribution is 0.181. The van der Waals surface area contributed by atoms with Gasteiger partial charge in [0.2, 0.25) is 0 Å². The Labute approximate surface area is 87.2 Å². The first kappa shape index (κ1) is 11.5. The number of nitrogens with two attached hydrogens (primary N) is 1. The van der Waals surface area contributed by atoms with Gasteiger partial charge >= 0.3 is 0 Å². The lowest BCUT2D eigenvalue weighted by atomic mass is 10.1. The van der Waals surface area contributed by atoms with Gasteiger partial charge in [-0.05, 0) is 25.7 Å². The van der Waals surface area contributed by atoms with E-state index in [1.807, 2.05) is 0 Å². The maximum atomic E-state index is 7.26. The summed E-state index contributed by atoms with van der Waals surface area (Å²) in [5, 5.41) is 7.26. The summed E-state index contributed by atoms with van der Waals surface area (Å²) in [4.78, 5) is 2.56. The second kappa shape index (κ2) is 5.35. The summed E-state index contributed by atoms with van der Waals surface area (Å²) in [5.74, 6) is 0.321. The largest absolute Gasteiger partial charge is 0.388 e. The number of nitrogens with zero attached hydrogens (tertiary/aromatic N) is 1. The summed E-state index contributed by atoms with van der Waals surface area (Å²) in [6.45, 7) is 5.47. The van der Waals surface area contributed by atoms with E-state index in [2.05, 4.69) is 18.7 Å². The second-order valence-corrected chi connectivity index (χ2v) is 4.21. The fourth-order valence-corrected chi connectivity index (χ4v) is 2.08. The highest BCUT2D eigenvalue weighted by Crippen LogP contribution is 2.30. The van der Waals surface area contributed by atoms with Gasteiger partial charge in [0, 0.05) is 25.0 Å². The number of hydrogen-bond donors (Lipinski definition) is 2. The van der Waals surface area contributed by atoms with Crippen LogP contribution in [0.25, 0.3) is 0 Å². The van der Waals surface area contributed by atoms with Crippen LogP contribution in [-0.2, 0) is 0 Å². The first-order valence-electron chi connectivity index (χ1n) is 5.77. The fourth-order valence-electron chi connectivity index (χ4n) is 2.08. The summed E-state index contributed by atoms with van der Waals surface area (Å²) in [5.41, 5.74) is 5.40. The Balaban J connectivity index is 2.40. The minimum atomic E-state index is 0.321. The molecule has 0 saturated heterocycles. The molecule has 0 spiro atoms. The summed E-state index contributed by atoms with van der Waals surface area (Å²) in [7, 11) is 0. The maximum absolute atomic E-state index is 7.26. The zero-order valence-electron chi connectivity index (χ0n) is 9.42. The zero-order valence-corrected chi connectivity index (χ0v) is 9.42. The van der Waals surface area contributed by atoms with Gasteiger partial charge in [0.25, 0.3) is 0 Å². The lowest BCUT2D eigenvalue weighted by Crippen LogP contribution is -2.38. The van der Waals surface area contributed by atoms with Crippen LogP contribution >= 0.6 is 0 Å². The van der Waals surface area contributed by atoms with Gasteiger partial charge in [-0.25, -0.2) is 0 Å². The van der Waals surface area contributed by atoms with Crippen molar-refractivity contribution in [3.8, 4) is 0 Å². The van der Waals surface area contributed by atoms with Gasteiger partial charge in [-0.1, -0.05) is 13.8 Å². The van der Waals surface area contributed by atoms with E-state index in [0.717, 1.165) is 19.0 Å². The minimum absolute atomic E-state index is 0.321. The number of rotatable bonds is 7. The van der Waals surface area contributed by atoms with Crippen LogP contribution in [0.2, 0.25) is 0 Å². The molecule has 1 aliphatic rings. The van der Waals surface area contributed by atoms with E-state index in [4.69, 9.17) is 11.1 Å². The molecule has 1 aliphatic carbocycles.